The summed E-state index contributed by atoms with van der Waals surface area (Å²) in [7, 11) is 0. The van der Waals surface area contributed by atoms with Gasteiger partial charge in [0.2, 0.25) is 23.6 Å². The third-order valence-corrected chi connectivity index (χ3v) is 5.58. The van der Waals surface area contributed by atoms with Crippen molar-refractivity contribution in [3.05, 3.63) is 18.2 Å². The Morgan fingerprint density at radius 1 is 1.09 bits per heavy atom. The number of aliphatic hydroxyl groups excluding tert-OH is 1. The van der Waals surface area contributed by atoms with E-state index in [9.17, 15) is 34.2 Å². The van der Waals surface area contributed by atoms with Crippen molar-refractivity contribution < 1.29 is 34.2 Å². The van der Waals surface area contributed by atoms with Crippen LogP contribution < -0.4 is 27.4 Å². The van der Waals surface area contributed by atoms with E-state index in [-0.39, 0.29) is 25.7 Å². The van der Waals surface area contributed by atoms with Crippen LogP contribution in [0.2, 0.25) is 0 Å². The van der Waals surface area contributed by atoms with E-state index in [1.165, 1.54) is 31.2 Å². The number of imidazole rings is 1. The molecule has 0 saturated heterocycles. The second kappa shape index (κ2) is 15.0. The number of carboxylic acid groups (broad SMARTS) is 1. The lowest BCUT2D eigenvalue weighted by Crippen LogP contribution is -2.60. The number of carboxylic acids is 1. The van der Waals surface area contributed by atoms with Gasteiger partial charge in [0.25, 0.3) is 0 Å². The number of nitrogens with one attached hydrogen (secondary N) is 4. The van der Waals surface area contributed by atoms with Gasteiger partial charge in [0.15, 0.2) is 0 Å². The number of amides is 4. The number of carbonyl (C=O) groups excluding carboxylic acids is 4. The summed E-state index contributed by atoms with van der Waals surface area (Å²) in [5, 5.41) is 26.7. The van der Waals surface area contributed by atoms with Gasteiger partial charge in [-0.1, -0.05) is 0 Å². The summed E-state index contributed by atoms with van der Waals surface area (Å²) in [4.78, 5) is 67.1. The van der Waals surface area contributed by atoms with Gasteiger partial charge < -0.3 is 42.6 Å². The van der Waals surface area contributed by atoms with Gasteiger partial charge in [-0.15, -0.1) is 0 Å². The summed E-state index contributed by atoms with van der Waals surface area (Å²) in [6.45, 7) is 1.25. The van der Waals surface area contributed by atoms with Crippen molar-refractivity contribution in [1.29, 1.82) is 0 Å². The third kappa shape index (κ3) is 10.7. The number of rotatable bonds is 16. The number of primary amides is 1. The molecular weight excluding hydrogens is 482 g/mol. The minimum absolute atomic E-state index is 0.0103. The maximum Gasteiger partial charge on any atom is 0.326 e. The second-order valence-electron chi connectivity index (χ2n) is 7.86. The molecule has 0 aliphatic rings. The summed E-state index contributed by atoms with van der Waals surface area (Å²) in [5.74, 6) is -3.84. The fraction of sp³-hybridized carbons (Fsp3) is 0.600. The number of carbonyl (C=O) groups is 5. The van der Waals surface area contributed by atoms with Gasteiger partial charge in [-0.2, -0.15) is 11.8 Å². The first-order valence-corrected chi connectivity index (χ1v) is 12.2. The number of nitrogens with two attached hydrogens (primary N) is 2. The van der Waals surface area contributed by atoms with Crippen LogP contribution in [0.15, 0.2) is 12.5 Å². The highest BCUT2D eigenvalue weighted by Gasteiger charge is 2.32. The zero-order valence-electron chi connectivity index (χ0n) is 19.5. The smallest absolute Gasteiger partial charge is 0.326 e. The highest BCUT2D eigenvalue weighted by Crippen LogP contribution is 2.06. The summed E-state index contributed by atoms with van der Waals surface area (Å²) >= 11 is 1.42. The van der Waals surface area contributed by atoms with E-state index < -0.39 is 59.9 Å². The van der Waals surface area contributed by atoms with Crippen molar-refractivity contribution in [2.45, 2.75) is 62.9 Å². The van der Waals surface area contributed by atoms with Gasteiger partial charge >= 0.3 is 5.97 Å². The Labute approximate surface area is 206 Å². The Hall–Kier alpha value is -3.17. The maximum atomic E-state index is 12.9. The molecule has 4 amide bonds. The minimum atomic E-state index is -1.50. The van der Waals surface area contributed by atoms with E-state index in [1.807, 2.05) is 0 Å². The fourth-order valence-electron chi connectivity index (χ4n) is 2.95. The number of aromatic amines is 1. The maximum absolute atomic E-state index is 12.9. The molecule has 35 heavy (non-hydrogen) atoms. The van der Waals surface area contributed by atoms with E-state index in [0.29, 0.717) is 11.4 Å². The van der Waals surface area contributed by atoms with Gasteiger partial charge in [-0.3, -0.25) is 19.2 Å². The van der Waals surface area contributed by atoms with Crippen LogP contribution in [0.4, 0.5) is 0 Å². The average Bonchev–Trinajstić information content (AvgIpc) is 3.30. The van der Waals surface area contributed by atoms with Crippen LogP contribution in [0.3, 0.4) is 0 Å². The number of aliphatic hydroxyl groups is 1. The summed E-state index contributed by atoms with van der Waals surface area (Å²) in [6, 6.07) is -5.02. The molecule has 1 heterocycles. The molecule has 0 radical (unpaired) electrons. The van der Waals surface area contributed by atoms with Gasteiger partial charge in [-0.05, 0) is 31.8 Å². The molecule has 0 aromatic carbocycles. The van der Waals surface area contributed by atoms with E-state index in [1.54, 1.807) is 6.26 Å². The summed E-state index contributed by atoms with van der Waals surface area (Å²) in [6.07, 6.45) is 3.15. The van der Waals surface area contributed by atoms with Crippen LogP contribution in [0.25, 0.3) is 0 Å². The van der Waals surface area contributed by atoms with E-state index in [2.05, 4.69) is 25.9 Å². The largest absolute Gasteiger partial charge is 0.480 e. The Morgan fingerprint density at radius 3 is 2.26 bits per heavy atom. The minimum Gasteiger partial charge on any atom is -0.480 e. The van der Waals surface area contributed by atoms with Gasteiger partial charge in [0, 0.05) is 24.7 Å². The number of hydrogen-bond donors (Lipinski definition) is 8. The number of thioether (sulfide) groups is 1. The number of nitrogens with zero attached hydrogens (tertiary/aromatic N) is 1. The molecule has 0 aliphatic carbocycles. The second-order valence-corrected chi connectivity index (χ2v) is 8.85. The van der Waals surface area contributed by atoms with E-state index in [0.717, 1.165) is 0 Å². The molecule has 1 rings (SSSR count). The Morgan fingerprint density at radius 2 is 1.74 bits per heavy atom. The molecule has 1 aromatic heterocycles. The molecule has 14 nitrogen and oxygen atoms in total. The molecule has 0 aliphatic heterocycles. The number of H-pyrrole nitrogens is 1. The molecule has 1 aromatic rings. The van der Waals surface area contributed by atoms with Crippen LogP contribution in [0, 0.1) is 0 Å². The zero-order chi connectivity index (χ0) is 26.5. The summed E-state index contributed by atoms with van der Waals surface area (Å²) < 4.78 is 0. The molecule has 0 spiro atoms. The van der Waals surface area contributed by atoms with Crippen molar-refractivity contribution in [3.63, 3.8) is 0 Å². The lowest BCUT2D eigenvalue weighted by atomic mass is 10.1. The van der Waals surface area contributed by atoms with E-state index in [4.69, 9.17) is 11.5 Å². The predicted octanol–water partition coefficient (Wildman–Crippen LogP) is -2.78. The molecule has 5 unspecified atom stereocenters. The van der Waals surface area contributed by atoms with E-state index >= 15 is 0 Å². The molecule has 5 atom stereocenters. The number of hydrogen-bond acceptors (Lipinski definition) is 9. The molecule has 0 fully saturated rings. The van der Waals surface area contributed by atoms with Crippen LogP contribution in [0.5, 0.6) is 0 Å². The summed E-state index contributed by atoms with van der Waals surface area (Å²) in [5.41, 5.74) is 11.3. The zero-order valence-corrected chi connectivity index (χ0v) is 20.3. The quantitative estimate of drug-likeness (QED) is 0.112. The first-order chi connectivity index (χ1) is 16.5. The first kappa shape index (κ1) is 29.9. The Bertz CT molecular complexity index is 866. The van der Waals surface area contributed by atoms with Crippen molar-refractivity contribution in [1.82, 2.24) is 25.9 Å². The van der Waals surface area contributed by atoms with Crippen molar-refractivity contribution in [2.75, 3.05) is 12.0 Å². The first-order valence-electron chi connectivity index (χ1n) is 10.8. The SMILES string of the molecule is CSCCC(NC(=O)C(N)CCC(N)=O)C(=O)NC(C(=O)NC(Cc1cnc[nH]1)C(=O)O)C(C)O. The standard InChI is InChI=1S/C20H33N7O7S/c1-10(28)16(19(32)26-14(20(33)34)7-11-8-23-9-24-11)27-18(31)13(5-6-35-2)25-17(30)12(21)3-4-15(22)29/h8-10,12-14,16,28H,3-7,21H2,1-2H3,(H2,22,29)(H,23,24)(H,25,30)(H,26,32)(H,27,31)(H,33,34). The molecular formula is C20H33N7O7S. The molecule has 10 N–H and O–H groups in total. The van der Waals surface area contributed by atoms with Crippen LogP contribution in [0.1, 0.15) is 31.9 Å². The molecule has 15 heteroatoms. The van der Waals surface area contributed by atoms with Crippen molar-refractivity contribution in [3.8, 4) is 0 Å². The number of aromatic nitrogens is 2. The van der Waals surface area contributed by atoms with Crippen LogP contribution in [-0.2, 0) is 30.4 Å². The Balaban J connectivity index is 2.89. The van der Waals surface area contributed by atoms with Crippen LogP contribution in [-0.4, -0.2) is 92.1 Å². The van der Waals surface area contributed by atoms with Crippen molar-refractivity contribution >= 4 is 41.4 Å². The molecule has 0 bridgehead atoms. The highest BCUT2D eigenvalue weighted by molar-refractivity contribution is 7.98. The number of aliphatic carboxylic acids is 1. The third-order valence-electron chi connectivity index (χ3n) is 4.94. The van der Waals surface area contributed by atoms with Gasteiger partial charge in [0.05, 0.1) is 18.5 Å². The Kier molecular flexibility index (Phi) is 12.8. The topological polar surface area (TPSA) is 243 Å². The predicted molar refractivity (Wildman–Crippen MR) is 127 cm³/mol. The normalized spacial score (nSPS) is 15.2. The monoisotopic (exact) mass is 515 g/mol. The lowest BCUT2D eigenvalue weighted by molar-refractivity contribution is -0.143. The van der Waals surface area contributed by atoms with Gasteiger partial charge in [0.1, 0.15) is 18.1 Å². The fourth-order valence-corrected chi connectivity index (χ4v) is 3.42. The lowest BCUT2D eigenvalue weighted by Gasteiger charge is -2.26. The van der Waals surface area contributed by atoms with Gasteiger partial charge in [-0.25, -0.2) is 9.78 Å². The van der Waals surface area contributed by atoms with Crippen LogP contribution >= 0.6 is 11.8 Å². The average molecular weight is 516 g/mol. The molecule has 196 valence electrons. The molecule has 0 saturated carbocycles. The highest BCUT2D eigenvalue weighted by atomic mass is 32.2. The van der Waals surface area contributed by atoms with Crippen molar-refractivity contribution in [2.24, 2.45) is 11.5 Å².